The number of rotatable bonds is 8. The highest BCUT2D eigenvalue weighted by molar-refractivity contribution is 5.67. The van der Waals surface area contributed by atoms with Crippen LogP contribution in [0.5, 0.6) is 5.75 Å². The Bertz CT molecular complexity index is 1570. The summed E-state index contributed by atoms with van der Waals surface area (Å²) in [6.07, 6.45) is -2.36. The fraction of sp³-hybridized carbons (Fsp3) is 0.429. The van der Waals surface area contributed by atoms with Gasteiger partial charge in [0.05, 0.1) is 24.4 Å². The highest BCUT2D eigenvalue weighted by Gasteiger charge is 2.31. The van der Waals surface area contributed by atoms with E-state index in [1.165, 1.54) is 35.9 Å². The van der Waals surface area contributed by atoms with E-state index in [1.54, 1.807) is 26.8 Å². The van der Waals surface area contributed by atoms with Crippen LogP contribution in [0.4, 0.5) is 29.5 Å². The van der Waals surface area contributed by atoms with Gasteiger partial charge < -0.3 is 29.8 Å². The highest BCUT2D eigenvalue weighted by atomic mass is 19.4. The molecule has 0 fully saturated rings. The van der Waals surface area contributed by atoms with Gasteiger partial charge in [0.1, 0.15) is 17.0 Å². The third-order valence-electron chi connectivity index (χ3n) is 6.27. The van der Waals surface area contributed by atoms with Crippen LogP contribution in [0, 0.1) is 0 Å². The fourth-order valence-electron chi connectivity index (χ4n) is 4.52. The molecule has 1 amide bonds. The molecule has 0 aliphatic heterocycles. The van der Waals surface area contributed by atoms with Gasteiger partial charge in [-0.2, -0.15) is 4.68 Å². The minimum Gasteiger partial charge on any atom is -0.444 e. The van der Waals surface area contributed by atoms with Crippen molar-refractivity contribution in [3.8, 4) is 11.4 Å². The first-order valence-electron chi connectivity index (χ1n) is 13.2. The van der Waals surface area contributed by atoms with Crippen LogP contribution in [0.1, 0.15) is 45.2 Å². The molecule has 42 heavy (non-hydrogen) atoms. The summed E-state index contributed by atoms with van der Waals surface area (Å²) < 4.78 is 49.1. The van der Waals surface area contributed by atoms with Gasteiger partial charge in [-0.15, -0.1) is 18.3 Å². The summed E-state index contributed by atoms with van der Waals surface area (Å²) >= 11 is 0. The molecule has 1 aliphatic rings. The number of carbonyl (C=O) groups is 1. The van der Waals surface area contributed by atoms with E-state index in [4.69, 9.17) is 4.74 Å². The van der Waals surface area contributed by atoms with Crippen molar-refractivity contribution in [1.82, 2.24) is 19.7 Å². The average Bonchev–Trinajstić information content (AvgIpc) is 3.36. The minimum absolute atomic E-state index is 0.120. The standard InChI is InChI=1S/C28H32F3N5O6/c1-26(2,3)42-25(39)32-15-27(4,40)16-35-14-6-9-21(24(35)38)33-22-19-7-5-8-20(19)23(37)36(34-22)17-10-12-18(13-11-17)41-28(29,30)31/h6,9-14,40H,5,7-8,15-16H2,1-4H3,(H,32,39)(H,33,34). The van der Waals surface area contributed by atoms with Gasteiger partial charge in [0.15, 0.2) is 5.82 Å². The van der Waals surface area contributed by atoms with Gasteiger partial charge in [0.25, 0.3) is 11.1 Å². The van der Waals surface area contributed by atoms with Crippen molar-refractivity contribution in [1.29, 1.82) is 0 Å². The molecule has 4 rings (SSSR count). The number of carbonyl (C=O) groups excluding carboxylic acids is 1. The Balaban J connectivity index is 1.58. The fourth-order valence-corrected chi connectivity index (χ4v) is 4.52. The predicted octanol–water partition coefficient (Wildman–Crippen LogP) is 3.80. The Morgan fingerprint density at radius 2 is 1.69 bits per heavy atom. The Hall–Kier alpha value is -4.33. The van der Waals surface area contributed by atoms with Crippen molar-refractivity contribution < 1.29 is 32.5 Å². The van der Waals surface area contributed by atoms with Crippen molar-refractivity contribution in [2.45, 2.75) is 71.1 Å². The van der Waals surface area contributed by atoms with Gasteiger partial charge in [-0.1, -0.05) is 0 Å². The lowest BCUT2D eigenvalue weighted by Crippen LogP contribution is -2.46. The summed E-state index contributed by atoms with van der Waals surface area (Å²) in [4.78, 5) is 38.5. The zero-order valence-corrected chi connectivity index (χ0v) is 23.5. The topological polar surface area (TPSA) is 137 Å². The van der Waals surface area contributed by atoms with Crippen molar-refractivity contribution in [2.75, 3.05) is 11.9 Å². The van der Waals surface area contributed by atoms with Gasteiger partial charge in [-0.25, -0.2) is 4.79 Å². The first-order valence-corrected chi connectivity index (χ1v) is 13.2. The molecule has 11 nitrogen and oxygen atoms in total. The quantitative estimate of drug-likeness (QED) is 0.360. The second kappa shape index (κ2) is 11.5. The Morgan fingerprint density at radius 1 is 1.02 bits per heavy atom. The number of nitrogens with one attached hydrogen (secondary N) is 2. The van der Waals surface area contributed by atoms with Gasteiger partial charge >= 0.3 is 12.5 Å². The molecule has 2 heterocycles. The number of hydrogen-bond donors (Lipinski definition) is 3. The maximum absolute atomic E-state index is 13.3. The summed E-state index contributed by atoms with van der Waals surface area (Å²) in [5.74, 6) is -0.188. The summed E-state index contributed by atoms with van der Waals surface area (Å²) in [5, 5.41) is 20.8. The van der Waals surface area contributed by atoms with E-state index in [9.17, 15) is 32.7 Å². The van der Waals surface area contributed by atoms with Crippen molar-refractivity contribution in [3.63, 3.8) is 0 Å². The maximum Gasteiger partial charge on any atom is 0.573 e. The number of aliphatic hydroxyl groups is 1. The zero-order valence-electron chi connectivity index (χ0n) is 23.5. The van der Waals surface area contributed by atoms with Crippen LogP contribution in [0.15, 0.2) is 52.2 Å². The van der Waals surface area contributed by atoms with Crippen LogP contribution >= 0.6 is 0 Å². The van der Waals surface area contributed by atoms with E-state index in [0.717, 1.165) is 16.8 Å². The number of alkyl carbamates (subject to hydrolysis) is 1. The molecule has 1 aromatic carbocycles. The first kappa shape index (κ1) is 30.6. The lowest BCUT2D eigenvalue weighted by atomic mass is 10.1. The lowest BCUT2D eigenvalue weighted by Gasteiger charge is -2.26. The van der Waals surface area contributed by atoms with E-state index in [1.807, 2.05) is 0 Å². The van der Waals surface area contributed by atoms with Gasteiger partial charge in [-0.3, -0.25) is 9.59 Å². The molecule has 0 spiro atoms. The molecule has 1 unspecified atom stereocenters. The summed E-state index contributed by atoms with van der Waals surface area (Å²) in [5.41, 5.74) is -1.64. The van der Waals surface area contributed by atoms with Crippen LogP contribution in [0.2, 0.25) is 0 Å². The number of anilines is 2. The number of nitrogens with zero attached hydrogens (tertiary/aromatic N) is 3. The molecule has 2 aromatic heterocycles. The number of alkyl halides is 3. The zero-order chi connectivity index (χ0) is 30.9. The number of amides is 1. The van der Waals surface area contributed by atoms with E-state index in [2.05, 4.69) is 20.5 Å². The largest absolute Gasteiger partial charge is 0.573 e. The summed E-state index contributed by atoms with van der Waals surface area (Å²) in [6, 6.07) is 7.84. The molecule has 3 aromatic rings. The Kier molecular flexibility index (Phi) is 8.39. The van der Waals surface area contributed by atoms with E-state index in [0.29, 0.717) is 30.4 Å². The number of benzene rings is 1. The van der Waals surface area contributed by atoms with Crippen molar-refractivity contribution in [2.24, 2.45) is 0 Å². The molecule has 226 valence electrons. The summed E-state index contributed by atoms with van der Waals surface area (Å²) in [7, 11) is 0. The monoisotopic (exact) mass is 591 g/mol. The maximum atomic E-state index is 13.3. The van der Waals surface area contributed by atoms with Crippen molar-refractivity contribution >= 4 is 17.6 Å². The number of fused-ring (bicyclic) bond motifs is 1. The van der Waals surface area contributed by atoms with E-state index >= 15 is 0 Å². The SMILES string of the molecule is CC(O)(CNC(=O)OC(C)(C)C)Cn1cccc(Nc2nn(-c3ccc(OC(F)(F)F)cc3)c(=O)c3c2CCC3)c1=O. The normalized spacial score (nSPS) is 14.6. The lowest BCUT2D eigenvalue weighted by molar-refractivity contribution is -0.274. The average molecular weight is 592 g/mol. The van der Waals surface area contributed by atoms with Gasteiger partial charge in [0.2, 0.25) is 0 Å². The number of pyridine rings is 1. The Morgan fingerprint density at radius 3 is 2.33 bits per heavy atom. The van der Waals surface area contributed by atoms with Crippen LogP contribution in [-0.4, -0.2) is 49.7 Å². The van der Waals surface area contributed by atoms with Crippen LogP contribution in [-0.2, 0) is 24.1 Å². The molecule has 0 bridgehead atoms. The van der Waals surface area contributed by atoms with Gasteiger partial charge in [-0.05, 0) is 83.4 Å². The molecule has 3 N–H and O–H groups in total. The molecule has 0 radical (unpaired) electrons. The second-order valence-corrected chi connectivity index (χ2v) is 11.3. The minimum atomic E-state index is -4.86. The number of ether oxygens (including phenoxy) is 2. The molecule has 1 atom stereocenters. The molecular weight excluding hydrogens is 559 g/mol. The molecule has 0 saturated carbocycles. The Labute approximate surface area is 238 Å². The van der Waals surface area contributed by atoms with Crippen LogP contribution in [0.3, 0.4) is 0 Å². The third-order valence-corrected chi connectivity index (χ3v) is 6.27. The second-order valence-electron chi connectivity index (χ2n) is 11.3. The molecule has 1 aliphatic carbocycles. The molecular formula is C28H32F3N5O6. The van der Waals surface area contributed by atoms with E-state index < -0.39 is 40.5 Å². The first-order chi connectivity index (χ1) is 19.5. The van der Waals surface area contributed by atoms with Crippen molar-refractivity contribution in [3.05, 3.63) is 74.4 Å². The van der Waals surface area contributed by atoms with Crippen LogP contribution in [0.25, 0.3) is 5.69 Å². The third kappa shape index (κ3) is 7.69. The number of hydrogen-bond acceptors (Lipinski definition) is 8. The van der Waals surface area contributed by atoms with Gasteiger partial charge in [0, 0.05) is 17.3 Å². The predicted molar refractivity (Wildman–Crippen MR) is 147 cm³/mol. The number of halogens is 3. The smallest absolute Gasteiger partial charge is 0.444 e. The summed E-state index contributed by atoms with van der Waals surface area (Å²) in [6.45, 7) is 6.26. The number of aromatic nitrogens is 3. The molecule has 0 saturated heterocycles. The van der Waals surface area contributed by atoms with E-state index in [-0.39, 0.29) is 30.3 Å². The molecule has 14 heteroatoms. The van der Waals surface area contributed by atoms with Crippen LogP contribution < -0.4 is 26.5 Å². The highest BCUT2D eigenvalue weighted by Crippen LogP contribution is 2.28.